The number of ether oxygens (including phenoxy) is 2. The smallest absolute Gasteiger partial charge is 0.326 e. The average molecular weight is 541 g/mol. The average Bonchev–Trinajstić information content (AvgIpc) is 3.24. The molecule has 1 amide bonds. The van der Waals surface area contributed by atoms with Crippen LogP contribution in [0.4, 0.5) is 0 Å². The molecule has 0 aliphatic carbocycles. The monoisotopic (exact) mass is 540 g/mol. The summed E-state index contributed by atoms with van der Waals surface area (Å²) in [5, 5.41) is 18.6. The fraction of sp³-hybridized carbons (Fsp3) is 0.269. The quantitative estimate of drug-likeness (QED) is 0.222. The summed E-state index contributed by atoms with van der Waals surface area (Å²) in [6, 6.07) is 12.2. The van der Waals surface area contributed by atoms with Crippen molar-refractivity contribution >= 4 is 38.5 Å². The van der Waals surface area contributed by atoms with Crippen LogP contribution in [0.15, 0.2) is 59.5 Å². The number of hydrogen-bond acceptors (Lipinski definition) is 7. The first-order valence-corrected chi connectivity index (χ1v) is 13.2. The minimum atomic E-state index is -4.15. The summed E-state index contributed by atoms with van der Waals surface area (Å²) in [5.74, 6) is -1.02. The molecule has 1 saturated heterocycles. The van der Waals surface area contributed by atoms with Crippen LogP contribution in [0.25, 0.3) is 10.8 Å². The van der Waals surface area contributed by atoms with Gasteiger partial charge in [0.05, 0.1) is 19.1 Å². The van der Waals surface area contributed by atoms with Gasteiger partial charge in [-0.2, -0.15) is 4.72 Å². The Morgan fingerprint density at radius 3 is 2.47 bits per heavy atom. The highest BCUT2D eigenvalue weighted by molar-refractivity contribution is 7.89. The van der Waals surface area contributed by atoms with Gasteiger partial charge in [0.2, 0.25) is 15.9 Å². The molecule has 3 aromatic carbocycles. The van der Waals surface area contributed by atoms with Crippen molar-refractivity contribution in [3.05, 3.63) is 65.7 Å². The number of benzene rings is 3. The molecular weight excluding hydrogens is 512 g/mol. The van der Waals surface area contributed by atoms with Crippen molar-refractivity contribution in [2.75, 3.05) is 20.8 Å². The molecule has 2 atom stereocenters. The summed E-state index contributed by atoms with van der Waals surface area (Å²) >= 11 is 0. The maximum Gasteiger partial charge on any atom is 0.326 e. The molecule has 1 aliphatic heterocycles. The molecule has 12 heteroatoms. The number of nitrogens with one attached hydrogen (secondary N) is 2. The number of carboxylic acids is 1. The lowest BCUT2D eigenvalue weighted by Crippen LogP contribution is -2.48. The van der Waals surface area contributed by atoms with Gasteiger partial charge < -0.3 is 25.2 Å². The SMILES string of the molecule is COc1ccc2cc(S(=O)(=O)NC3CCN(C(Cc4ccc(C(=N)N)cc4)C(=O)O)C3=O)cc(OC)c2c1. The lowest BCUT2D eigenvalue weighted by atomic mass is 10.0. The normalized spacial score (nSPS) is 16.4. The molecule has 0 saturated carbocycles. The summed E-state index contributed by atoms with van der Waals surface area (Å²) in [7, 11) is -1.19. The van der Waals surface area contributed by atoms with Crippen molar-refractivity contribution in [1.82, 2.24) is 9.62 Å². The van der Waals surface area contributed by atoms with Gasteiger partial charge in [-0.15, -0.1) is 0 Å². The van der Waals surface area contributed by atoms with E-state index in [1.807, 2.05) is 0 Å². The Morgan fingerprint density at radius 1 is 1.16 bits per heavy atom. The van der Waals surface area contributed by atoms with Crippen LogP contribution in [-0.2, 0) is 26.0 Å². The van der Waals surface area contributed by atoms with E-state index in [9.17, 15) is 23.1 Å². The summed E-state index contributed by atoms with van der Waals surface area (Å²) in [6.45, 7) is 0.0787. The maximum absolute atomic E-state index is 13.3. The second kappa shape index (κ2) is 10.7. The van der Waals surface area contributed by atoms with Crippen molar-refractivity contribution in [2.24, 2.45) is 5.73 Å². The maximum atomic E-state index is 13.3. The second-order valence-electron chi connectivity index (χ2n) is 8.88. The lowest BCUT2D eigenvalue weighted by Gasteiger charge is -2.25. The van der Waals surface area contributed by atoms with E-state index in [2.05, 4.69) is 4.72 Å². The molecule has 200 valence electrons. The Hall–Kier alpha value is -4.16. The third-order valence-electron chi connectivity index (χ3n) is 6.52. The number of nitrogen functional groups attached to an aromatic ring is 1. The Morgan fingerprint density at radius 2 is 1.87 bits per heavy atom. The summed E-state index contributed by atoms with van der Waals surface area (Å²) < 4.78 is 39.6. The number of carboxylic acid groups (broad SMARTS) is 1. The van der Waals surface area contributed by atoms with E-state index in [-0.39, 0.29) is 30.1 Å². The number of aliphatic carboxylic acids is 1. The number of fused-ring (bicyclic) bond motifs is 1. The summed E-state index contributed by atoms with van der Waals surface area (Å²) in [5.41, 5.74) is 6.60. The predicted molar refractivity (Wildman–Crippen MR) is 140 cm³/mol. The third-order valence-corrected chi connectivity index (χ3v) is 7.97. The van der Waals surface area contributed by atoms with E-state index in [0.29, 0.717) is 33.4 Å². The zero-order chi connectivity index (χ0) is 27.6. The van der Waals surface area contributed by atoms with Gasteiger partial charge in [-0.1, -0.05) is 30.3 Å². The van der Waals surface area contributed by atoms with Crippen LogP contribution in [0.3, 0.4) is 0 Å². The van der Waals surface area contributed by atoms with Gasteiger partial charge >= 0.3 is 5.97 Å². The largest absolute Gasteiger partial charge is 0.497 e. The molecule has 0 radical (unpaired) electrons. The number of rotatable bonds is 10. The second-order valence-corrected chi connectivity index (χ2v) is 10.6. The van der Waals surface area contributed by atoms with Crippen LogP contribution in [0, 0.1) is 5.41 Å². The number of methoxy groups -OCH3 is 2. The highest BCUT2D eigenvalue weighted by atomic mass is 32.2. The molecule has 0 spiro atoms. The van der Waals surface area contributed by atoms with E-state index in [1.54, 1.807) is 42.5 Å². The molecule has 38 heavy (non-hydrogen) atoms. The van der Waals surface area contributed by atoms with Gasteiger partial charge in [0.15, 0.2) is 0 Å². The number of carbonyl (C=O) groups excluding carboxylic acids is 1. The van der Waals surface area contributed by atoms with Crippen LogP contribution in [0.1, 0.15) is 17.5 Å². The van der Waals surface area contributed by atoms with Crippen molar-refractivity contribution < 1.29 is 32.6 Å². The first-order chi connectivity index (χ1) is 18.0. The molecule has 3 aromatic rings. The van der Waals surface area contributed by atoms with Crippen LogP contribution >= 0.6 is 0 Å². The number of nitrogens with two attached hydrogens (primary N) is 1. The minimum absolute atomic E-state index is 0.0179. The molecule has 1 heterocycles. The molecule has 0 aromatic heterocycles. The van der Waals surface area contributed by atoms with Crippen LogP contribution in [0.2, 0.25) is 0 Å². The third kappa shape index (κ3) is 5.41. The minimum Gasteiger partial charge on any atom is -0.497 e. The van der Waals surface area contributed by atoms with E-state index >= 15 is 0 Å². The first kappa shape index (κ1) is 26.9. The van der Waals surface area contributed by atoms with E-state index in [1.165, 1.54) is 31.3 Å². The van der Waals surface area contributed by atoms with E-state index in [4.69, 9.17) is 20.6 Å². The molecular formula is C26H28N4O7S. The predicted octanol–water partition coefficient (Wildman–Crippen LogP) is 1.72. The standard InChI is InChI=1S/C26H28N4O7S/c1-36-18-8-7-17-12-19(14-23(37-2)20(17)13-18)38(34,35)29-21-9-10-30(25(21)31)22(26(32)33)11-15-3-5-16(6-4-15)24(27)28/h3-8,12-14,21-22,29H,9-11H2,1-2H3,(H3,27,28)(H,32,33). The molecule has 1 fully saturated rings. The topological polar surface area (TPSA) is 172 Å². The van der Waals surface area contributed by atoms with Gasteiger partial charge in [0.1, 0.15) is 29.4 Å². The van der Waals surface area contributed by atoms with Crippen LogP contribution in [0.5, 0.6) is 11.5 Å². The Bertz CT molecular complexity index is 1510. The van der Waals surface area contributed by atoms with Gasteiger partial charge in [-0.25, -0.2) is 13.2 Å². The number of likely N-dealkylation sites (tertiary alicyclic amines) is 1. The number of amides is 1. The lowest BCUT2D eigenvalue weighted by molar-refractivity contribution is -0.148. The zero-order valence-electron chi connectivity index (χ0n) is 20.8. The molecule has 5 N–H and O–H groups in total. The highest BCUT2D eigenvalue weighted by Gasteiger charge is 2.41. The molecule has 2 unspecified atom stereocenters. The number of carbonyl (C=O) groups is 2. The Kier molecular flexibility index (Phi) is 7.56. The van der Waals surface area contributed by atoms with Gasteiger partial charge in [0.25, 0.3) is 0 Å². The van der Waals surface area contributed by atoms with Crippen molar-refractivity contribution in [3.8, 4) is 11.5 Å². The van der Waals surface area contributed by atoms with E-state index < -0.39 is 34.0 Å². The van der Waals surface area contributed by atoms with Crippen LogP contribution in [-0.4, -0.2) is 69.0 Å². The highest BCUT2D eigenvalue weighted by Crippen LogP contribution is 2.32. The van der Waals surface area contributed by atoms with Crippen molar-refractivity contribution in [3.63, 3.8) is 0 Å². The zero-order valence-corrected chi connectivity index (χ0v) is 21.6. The van der Waals surface area contributed by atoms with Gasteiger partial charge in [-0.05, 0) is 35.6 Å². The van der Waals surface area contributed by atoms with Crippen LogP contribution < -0.4 is 19.9 Å². The number of nitrogens with zero attached hydrogens (tertiary/aromatic N) is 1. The fourth-order valence-electron chi connectivity index (χ4n) is 4.48. The first-order valence-electron chi connectivity index (χ1n) is 11.7. The molecule has 0 bridgehead atoms. The van der Waals surface area contributed by atoms with E-state index in [0.717, 1.165) is 0 Å². The number of hydrogen-bond donors (Lipinski definition) is 4. The van der Waals surface area contributed by atoms with Crippen molar-refractivity contribution in [1.29, 1.82) is 5.41 Å². The molecule has 1 aliphatic rings. The summed E-state index contributed by atoms with van der Waals surface area (Å²) in [6.07, 6.45) is 0.136. The number of amidine groups is 1. The molecule has 11 nitrogen and oxygen atoms in total. The fourth-order valence-corrected chi connectivity index (χ4v) is 5.75. The Balaban J connectivity index is 1.54. The molecule has 4 rings (SSSR count). The summed E-state index contributed by atoms with van der Waals surface area (Å²) in [4.78, 5) is 26.3. The van der Waals surface area contributed by atoms with Crippen molar-refractivity contribution in [2.45, 2.75) is 29.8 Å². The number of sulfonamides is 1. The Labute approximate surface area is 219 Å². The van der Waals surface area contributed by atoms with Gasteiger partial charge in [-0.3, -0.25) is 10.2 Å². The van der Waals surface area contributed by atoms with Gasteiger partial charge in [0, 0.05) is 30.0 Å².